The molecule has 2 rings (SSSR count). The molecular weight excluding hydrogens is 272 g/mol. The molecule has 1 heterocycles. The number of benzene rings is 1. The monoisotopic (exact) mass is 298 g/mol. The number of pyridine rings is 1. The summed E-state index contributed by atoms with van der Waals surface area (Å²) in [4.78, 5) is 14.9. The average Bonchev–Trinajstić information content (AvgIpc) is 2.49. The van der Waals surface area contributed by atoms with Gasteiger partial charge in [-0.25, -0.2) is 0 Å². The van der Waals surface area contributed by atoms with E-state index in [1.807, 2.05) is 31.3 Å². The minimum atomic E-state index is 0.0648. The van der Waals surface area contributed by atoms with Crippen molar-refractivity contribution in [3.63, 3.8) is 0 Å². The highest BCUT2D eigenvalue weighted by atomic mass is 16.1. The fourth-order valence-corrected chi connectivity index (χ4v) is 2.32. The summed E-state index contributed by atoms with van der Waals surface area (Å²) in [6.07, 6.45) is 2.71. The summed E-state index contributed by atoms with van der Waals surface area (Å²) in [6, 6.07) is 12.5. The van der Waals surface area contributed by atoms with Gasteiger partial charge in [0, 0.05) is 11.8 Å². The minimum absolute atomic E-state index is 0.0648. The first-order chi connectivity index (χ1) is 10.5. The third kappa shape index (κ3) is 5.41. The lowest BCUT2D eigenvalue weighted by molar-refractivity contribution is -0.118. The van der Waals surface area contributed by atoms with Crippen LogP contribution in [0.3, 0.4) is 0 Å². The number of Topliss-reactive ketones (excluding diaryl/α,β-unsaturated/α-hetero) is 1. The molecule has 1 aromatic heterocycles. The van der Waals surface area contributed by atoms with Gasteiger partial charge in [0.25, 0.3) is 0 Å². The Kier molecular flexibility index (Phi) is 7.47. The number of likely N-dealkylation sites (N-methyl/N-ethyl adjacent to an activating group) is 1. The van der Waals surface area contributed by atoms with E-state index < -0.39 is 0 Å². The van der Waals surface area contributed by atoms with Crippen molar-refractivity contribution in [2.45, 2.75) is 40.2 Å². The molecule has 2 aromatic rings. The maximum atomic E-state index is 10.5. The van der Waals surface area contributed by atoms with Crippen LogP contribution >= 0.6 is 0 Å². The summed E-state index contributed by atoms with van der Waals surface area (Å²) in [5.41, 5.74) is 4.84. The molecule has 0 radical (unpaired) electrons. The van der Waals surface area contributed by atoms with Crippen molar-refractivity contribution < 1.29 is 4.79 Å². The van der Waals surface area contributed by atoms with Gasteiger partial charge in [0.05, 0.1) is 11.7 Å². The van der Waals surface area contributed by atoms with E-state index in [2.05, 4.69) is 42.3 Å². The lowest BCUT2D eigenvalue weighted by atomic mass is 10.0. The number of hydrogen-bond acceptors (Lipinski definition) is 3. The van der Waals surface area contributed by atoms with Crippen LogP contribution in [0.1, 0.15) is 31.4 Å². The molecular formula is C19H26N2O. The summed E-state index contributed by atoms with van der Waals surface area (Å²) in [5, 5.41) is 2.90. The number of carbonyl (C=O) groups excluding carboxylic acids is 1. The van der Waals surface area contributed by atoms with E-state index in [0.29, 0.717) is 0 Å². The van der Waals surface area contributed by atoms with Crippen molar-refractivity contribution in [2.75, 3.05) is 7.05 Å². The van der Waals surface area contributed by atoms with Crippen LogP contribution < -0.4 is 5.32 Å². The lowest BCUT2D eigenvalue weighted by Crippen LogP contribution is -2.31. The average molecular weight is 298 g/mol. The molecule has 118 valence electrons. The number of ketones is 1. The maximum absolute atomic E-state index is 10.5. The van der Waals surface area contributed by atoms with Gasteiger partial charge >= 0.3 is 0 Å². The van der Waals surface area contributed by atoms with E-state index >= 15 is 0 Å². The molecule has 0 fully saturated rings. The minimum Gasteiger partial charge on any atom is -0.311 e. The Morgan fingerprint density at radius 1 is 1.23 bits per heavy atom. The third-order valence-electron chi connectivity index (χ3n) is 3.57. The Hall–Kier alpha value is -2.00. The van der Waals surface area contributed by atoms with Crippen molar-refractivity contribution in [1.29, 1.82) is 0 Å². The fourth-order valence-electron chi connectivity index (χ4n) is 2.32. The number of aryl methyl sites for hydroxylation is 2. The second kappa shape index (κ2) is 9.11. The van der Waals surface area contributed by atoms with E-state index in [0.717, 1.165) is 12.1 Å². The first-order valence-electron chi connectivity index (χ1n) is 7.66. The molecule has 0 unspecified atom stereocenters. The van der Waals surface area contributed by atoms with Gasteiger partial charge in [-0.2, -0.15) is 0 Å². The van der Waals surface area contributed by atoms with Crippen molar-refractivity contribution in [1.82, 2.24) is 10.3 Å². The second-order valence-corrected chi connectivity index (χ2v) is 5.39. The molecule has 22 heavy (non-hydrogen) atoms. The molecule has 0 aliphatic rings. The van der Waals surface area contributed by atoms with Crippen LogP contribution in [0.5, 0.6) is 0 Å². The smallest absolute Gasteiger partial charge is 0.146 e. The van der Waals surface area contributed by atoms with Gasteiger partial charge in [0.2, 0.25) is 0 Å². The topological polar surface area (TPSA) is 42.0 Å². The highest BCUT2D eigenvalue weighted by Gasteiger charge is 2.05. The van der Waals surface area contributed by atoms with Crippen LogP contribution in [0.25, 0.3) is 11.3 Å². The van der Waals surface area contributed by atoms with Crippen LogP contribution in [-0.2, 0) is 4.79 Å². The zero-order valence-corrected chi connectivity index (χ0v) is 14.2. The third-order valence-corrected chi connectivity index (χ3v) is 3.57. The van der Waals surface area contributed by atoms with Crippen LogP contribution in [0.4, 0.5) is 0 Å². The molecule has 1 aromatic carbocycles. The first-order valence-corrected chi connectivity index (χ1v) is 7.66. The standard InChI is InChI=1S/C13H13N.C6H13NO/c1-10-6-7-12(11(2)9-10)13-5-3-4-8-14-13;1-4-6(7-3)5(2)8/h3-9H,1-2H3;6-7H,4H2,1-3H3/t;6-/m.0/s1. The quantitative estimate of drug-likeness (QED) is 0.929. The molecule has 3 nitrogen and oxygen atoms in total. The molecule has 0 saturated heterocycles. The highest BCUT2D eigenvalue weighted by Crippen LogP contribution is 2.21. The number of carbonyl (C=O) groups is 1. The van der Waals surface area contributed by atoms with E-state index in [9.17, 15) is 4.79 Å². The van der Waals surface area contributed by atoms with E-state index in [1.165, 1.54) is 16.7 Å². The summed E-state index contributed by atoms with van der Waals surface area (Å²) in [5.74, 6) is 0.218. The molecule has 1 N–H and O–H groups in total. The highest BCUT2D eigenvalue weighted by molar-refractivity contribution is 5.81. The van der Waals surface area contributed by atoms with Crippen molar-refractivity contribution in [2.24, 2.45) is 0 Å². The molecule has 0 aliphatic heterocycles. The van der Waals surface area contributed by atoms with Crippen LogP contribution in [0.15, 0.2) is 42.6 Å². The van der Waals surface area contributed by atoms with Crippen LogP contribution in [-0.4, -0.2) is 23.9 Å². The van der Waals surface area contributed by atoms with Crippen LogP contribution in [0, 0.1) is 13.8 Å². The Morgan fingerprint density at radius 3 is 2.36 bits per heavy atom. The van der Waals surface area contributed by atoms with Gasteiger partial charge in [-0.05, 0) is 51.9 Å². The Balaban J connectivity index is 0.000000261. The first kappa shape index (κ1) is 18.1. The van der Waals surface area contributed by atoms with E-state index in [4.69, 9.17) is 0 Å². The Labute approximate surface area is 133 Å². The predicted molar refractivity (Wildman–Crippen MR) is 93.0 cm³/mol. The van der Waals surface area contributed by atoms with Crippen molar-refractivity contribution in [3.05, 3.63) is 53.7 Å². The summed E-state index contributed by atoms with van der Waals surface area (Å²) in [6.45, 7) is 7.82. The molecule has 0 bridgehead atoms. The Bertz CT molecular complexity index is 590. The van der Waals surface area contributed by atoms with Crippen LogP contribution in [0.2, 0.25) is 0 Å². The molecule has 3 heteroatoms. The van der Waals surface area contributed by atoms with Gasteiger partial charge in [-0.3, -0.25) is 9.78 Å². The molecule has 1 atom stereocenters. The number of nitrogens with zero attached hydrogens (tertiary/aromatic N) is 1. The van der Waals surface area contributed by atoms with Crippen molar-refractivity contribution >= 4 is 5.78 Å². The summed E-state index contributed by atoms with van der Waals surface area (Å²) in [7, 11) is 1.80. The number of nitrogens with one attached hydrogen (secondary N) is 1. The number of aromatic nitrogens is 1. The van der Waals surface area contributed by atoms with Gasteiger partial charge < -0.3 is 5.32 Å². The maximum Gasteiger partial charge on any atom is 0.146 e. The summed E-state index contributed by atoms with van der Waals surface area (Å²) >= 11 is 0. The van der Waals surface area contributed by atoms with Gasteiger partial charge in [0.15, 0.2) is 0 Å². The van der Waals surface area contributed by atoms with Crippen molar-refractivity contribution in [3.8, 4) is 11.3 Å². The zero-order chi connectivity index (χ0) is 16.5. The molecule has 0 saturated carbocycles. The van der Waals surface area contributed by atoms with E-state index in [-0.39, 0.29) is 11.8 Å². The second-order valence-electron chi connectivity index (χ2n) is 5.39. The Morgan fingerprint density at radius 2 is 1.95 bits per heavy atom. The summed E-state index contributed by atoms with van der Waals surface area (Å²) < 4.78 is 0. The SMILES string of the molecule is CC[C@H](NC)C(C)=O.Cc1ccc(-c2ccccn2)c(C)c1. The fraction of sp³-hybridized carbons (Fsp3) is 0.368. The van der Waals surface area contributed by atoms with E-state index in [1.54, 1.807) is 14.0 Å². The number of rotatable bonds is 4. The predicted octanol–water partition coefficient (Wildman–Crippen LogP) is 3.94. The van der Waals surface area contributed by atoms with Gasteiger partial charge in [0.1, 0.15) is 5.78 Å². The normalized spacial score (nSPS) is 11.3. The van der Waals surface area contributed by atoms with Gasteiger partial charge in [-0.1, -0.05) is 36.8 Å². The largest absolute Gasteiger partial charge is 0.311 e. The molecule has 0 spiro atoms. The molecule has 0 aliphatic carbocycles. The lowest BCUT2D eigenvalue weighted by Gasteiger charge is -2.07. The molecule has 0 amide bonds. The number of hydrogen-bond donors (Lipinski definition) is 1. The van der Waals surface area contributed by atoms with Gasteiger partial charge in [-0.15, -0.1) is 0 Å². The zero-order valence-electron chi connectivity index (χ0n) is 14.2.